The van der Waals surface area contributed by atoms with E-state index in [2.05, 4.69) is 25.8 Å². The first-order valence-corrected chi connectivity index (χ1v) is 3.58. The van der Waals surface area contributed by atoms with Gasteiger partial charge in [-0.3, -0.25) is 0 Å². The summed E-state index contributed by atoms with van der Waals surface area (Å²) in [6, 6.07) is 0.954. The standard InChI is InChI=1S/C7H16N2/c1-5-4-9(3)6(2)7(5)8/h5-7H,4,8H2,1-3H3/t5?,6?,7-/m1/s1. The molecule has 0 bridgehead atoms. The Balaban J connectivity index is 2.54. The Bertz CT molecular complexity index is 91.1. The molecule has 0 saturated carbocycles. The van der Waals surface area contributed by atoms with E-state index < -0.39 is 0 Å². The highest BCUT2D eigenvalue weighted by Crippen LogP contribution is 2.18. The molecule has 54 valence electrons. The van der Waals surface area contributed by atoms with Crippen LogP contribution in [0.2, 0.25) is 0 Å². The van der Waals surface area contributed by atoms with Crippen LogP contribution < -0.4 is 5.73 Å². The van der Waals surface area contributed by atoms with E-state index in [1.165, 1.54) is 0 Å². The number of nitrogens with two attached hydrogens (primary N) is 1. The van der Waals surface area contributed by atoms with E-state index in [9.17, 15) is 0 Å². The number of hydrogen-bond donors (Lipinski definition) is 1. The Hall–Kier alpha value is -0.0800. The number of likely N-dealkylation sites (N-methyl/N-ethyl adjacent to an activating group) is 1. The van der Waals surface area contributed by atoms with Crippen LogP contribution in [0, 0.1) is 5.92 Å². The van der Waals surface area contributed by atoms with Crippen molar-refractivity contribution in [3.05, 3.63) is 0 Å². The van der Waals surface area contributed by atoms with Crippen LogP contribution in [0.5, 0.6) is 0 Å². The second-order valence-corrected chi connectivity index (χ2v) is 3.23. The Morgan fingerprint density at radius 3 is 2.11 bits per heavy atom. The van der Waals surface area contributed by atoms with Crippen molar-refractivity contribution in [1.29, 1.82) is 0 Å². The van der Waals surface area contributed by atoms with Gasteiger partial charge in [0.15, 0.2) is 0 Å². The zero-order chi connectivity index (χ0) is 7.02. The maximum atomic E-state index is 5.87. The van der Waals surface area contributed by atoms with Crippen LogP contribution in [-0.4, -0.2) is 30.6 Å². The van der Waals surface area contributed by atoms with Crippen LogP contribution >= 0.6 is 0 Å². The normalized spacial score (nSPS) is 46.0. The Morgan fingerprint density at radius 1 is 1.44 bits per heavy atom. The van der Waals surface area contributed by atoms with Crippen molar-refractivity contribution in [3.63, 3.8) is 0 Å². The maximum absolute atomic E-state index is 5.87. The van der Waals surface area contributed by atoms with Gasteiger partial charge in [-0.2, -0.15) is 0 Å². The minimum absolute atomic E-state index is 0.384. The smallest absolute Gasteiger partial charge is 0.0232 e. The summed E-state index contributed by atoms with van der Waals surface area (Å²) in [7, 11) is 2.13. The van der Waals surface area contributed by atoms with Gasteiger partial charge >= 0.3 is 0 Å². The molecular weight excluding hydrogens is 112 g/mol. The molecule has 0 aliphatic carbocycles. The molecule has 0 spiro atoms. The summed E-state index contributed by atoms with van der Waals surface area (Å²) in [4.78, 5) is 2.31. The summed E-state index contributed by atoms with van der Waals surface area (Å²) in [5.41, 5.74) is 5.87. The summed E-state index contributed by atoms with van der Waals surface area (Å²) in [5.74, 6) is 0.671. The molecule has 2 heteroatoms. The number of hydrogen-bond acceptors (Lipinski definition) is 2. The van der Waals surface area contributed by atoms with Crippen LogP contribution in [0.15, 0.2) is 0 Å². The van der Waals surface area contributed by atoms with E-state index in [4.69, 9.17) is 5.73 Å². The fourth-order valence-corrected chi connectivity index (χ4v) is 1.51. The molecule has 1 aliphatic rings. The van der Waals surface area contributed by atoms with E-state index in [0.717, 1.165) is 6.54 Å². The minimum atomic E-state index is 0.384. The van der Waals surface area contributed by atoms with Crippen molar-refractivity contribution in [2.24, 2.45) is 11.7 Å². The monoisotopic (exact) mass is 128 g/mol. The molecule has 1 heterocycles. The zero-order valence-corrected chi connectivity index (χ0v) is 6.46. The molecule has 1 aliphatic heterocycles. The fraction of sp³-hybridized carbons (Fsp3) is 1.00. The van der Waals surface area contributed by atoms with E-state index in [1.807, 2.05) is 0 Å². The fourth-order valence-electron chi connectivity index (χ4n) is 1.51. The molecular formula is C7H16N2. The lowest BCUT2D eigenvalue weighted by Gasteiger charge is -2.16. The Labute approximate surface area is 57.0 Å². The molecule has 1 fully saturated rings. The number of rotatable bonds is 0. The molecule has 2 nitrogen and oxygen atoms in total. The second kappa shape index (κ2) is 2.27. The summed E-state index contributed by atoms with van der Waals surface area (Å²) in [5, 5.41) is 0. The largest absolute Gasteiger partial charge is 0.326 e. The molecule has 3 atom stereocenters. The molecule has 0 radical (unpaired) electrons. The van der Waals surface area contributed by atoms with Crippen molar-refractivity contribution in [2.75, 3.05) is 13.6 Å². The quantitative estimate of drug-likeness (QED) is 0.508. The topological polar surface area (TPSA) is 29.3 Å². The highest BCUT2D eigenvalue weighted by molar-refractivity contribution is 4.89. The molecule has 2 N–H and O–H groups in total. The van der Waals surface area contributed by atoms with Crippen molar-refractivity contribution < 1.29 is 0 Å². The van der Waals surface area contributed by atoms with Gasteiger partial charge in [0.2, 0.25) is 0 Å². The molecule has 0 amide bonds. The third-order valence-corrected chi connectivity index (χ3v) is 2.49. The van der Waals surface area contributed by atoms with Gasteiger partial charge in [0.05, 0.1) is 0 Å². The molecule has 9 heavy (non-hydrogen) atoms. The number of nitrogens with zero attached hydrogens (tertiary/aromatic N) is 1. The second-order valence-electron chi connectivity index (χ2n) is 3.23. The maximum Gasteiger partial charge on any atom is 0.0232 e. The first kappa shape index (κ1) is 7.03. The molecule has 2 unspecified atom stereocenters. The lowest BCUT2D eigenvalue weighted by atomic mass is 10.0. The summed E-state index contributed by atoms with van der Waals surface area (Å²) in [6.45, 7) is 5.56. The molecule has 0 aromatic rings. The minimum Gasteiger partial charge on any atom is -0.326 e. The lowest BCUT2D eigenvalue weighted by molar-refractivity contribution is 0.317. The predicted molar refractivity (Wildman–Crippen MR) is 39.2 cm³/mol. The molecule has 0 aromatic carbocycles. The molecule has 0 aromatic heterocycles. The Morgan fingerprint density at radius 2 is 2.00 bits per heavy atom. The SMILES string of the molecule is CC1CN(C)C(C)[C@@H]1N. The first-order valence-electron chi connectivity index (χ1n) is 3.58. The van der Waals surface area contributed by atoms with Gasteiger partial charge in [-0.1, -0.05) is 6.92 Å². The van der Waals surface area contributed by atoms with Crippen LogP contribution in [0.4, 0.5) is 0 Å². The molecule has 1 saturated heterocycles. The van der Waals surface area contributed by atoms with Gasteiger partial charge in [-0.05, 0) is 19.9 Å². The third-order valence-electron chi connectivity index (χ3n) is 2.49. The summed E-state index contributed by atoms with van der Waals surface area (Å²) < 4.78 is 0. The van der Waals surface area contributed by atoms with Crippen LogP contribution in [0.25, 0.3) is 0 Å². The summed E-state index contributed by atoms with van der Waals surface area (Å²) in [6.07, 6.45) is 0. The van der Waals surface area contributed by atoms with Crippen molar-refractivity contribution in [2.45, 2.75) is 25.9 Å². The van der Waals surface area contributed by atoms with Gasteiger partial charge in [0.25, 0.3) is 0 Å². The van der Waals surface area contributed by atoms with E-state index in [1.54, 1.807) is 0 Å². The first-order chi connectivity index (χ1) is 4.13. The summed E-state index contributed by atoms with van der Waals surface area (Å²) >= 11 is 0. The van der Waals surface area contributed by atoms with E-state index in [0.29, 0.717) is 18.0 Å². The highest BCUT2D eigenvalue weighted by atomic mass is 15.2. The Kier molecular flexibility index (Phi) is 1.78. The highest BCUT2D eigenvalue weighted by Gasteiger charge is 2.30. The van der Waals surface area contributed by atoms with Crippen LogP contribution in [0.1, 0.15) is 13.8 Å². The third kappa shape index (κ3) is 1.10. The van der Waals surface area contributed by atoms with Gasteiger partial charge in [0, 0.05) is 18.6 Å². The number of likely N-dealkylation sites (tertiary alicyclic amines) is 1. The average Bonchev–Trinajstić information content (AvgIpc) is 1.98. The predicted octanol–water partition coefficient (Wildman–Crippen LogP) is 0.284. The lowest BCUT2D eigenvalue weighted by Crippen LogP contribution is -2.36. The van der Waals surface area contributed by atoms with E-state index >= 15 is 0 Å². The van der Waals surface area contributed by atoms with Gasteiger partial charge in [0.1, 0.15) is 0 Å². The van der Waals surface area contributed by atoms with Crippen LogP contribution in [0.3, 0.4) is 0 Å². The van der Waals surface area contributed by atoms with Gasteiger partial charge in [-0.15, -0.1) is 0 Å². The van der Waals surface area contributed by atoms with Crippen LogP contribution in [-0.2, 0) is 0 Å². The van der Waals surface area contributed by atoms with Crippen molar-refractivity contribution in [1.82, 2.24) is 4.90 Å². The molecule has 1 rings (SSSR count). The van der Waals surface area contributed by atoms with Gasteiger partial charge < -0.3 is 10.6 Å². The van der Waals surface area contributed by atoms with Crippen molar-refractivity contribution >= 4 is 0 Å². The zero-order valence-electron chi connectivity index (χ0n) is 6.46. The van der Waals surface area contributed by atoms with Crippen molar-refractivity contribution in [3.8, 4) is 0 Å². The van der Waals surface area contributed by atoms with E-state index in [-0.39, 0.29) is 0 Å². The average molecular weight is 128 g/mol. The van der Waals surface area contributed by atoms with Gasteiger partial charge in [-0.25, -0.2) is 0 Å².